The number of nitrogens with two attached hydrogens (primary N) is 1. The minimum Gasteiger partial charge on any atom is -0.481 e. The number of ether oxygens (including phenoxy) is 1. The van der Waals surface area contributed by atoms with E-state index in [1.807, 2.05) is 20.8 Å². The summed E-state index contributed by atoms with van der Waals surface area (Å²) in [5.41, 5.74) is 5.35. The van der Waals surface area contributed by atoms with Crippen molar-refractivity contribution in [2.75, 3.05) is 18.8 Å². The Hall–Kier alpha value is -2.31. The van der Waals surface area contributed by atoms with Crippen LogP contribution in [0.1, 0.15) is 33.6 Å². The van der Waals surface area contributed by atoms with Crippen molar-refractivity contribution in [3.63, 3.8) is 0 Å². The van der Waals surface area contributed by atoms with E-state index >= 15 is 0 Å². The van der Waals surface area contributed by atoms with Gasteiger partial charge in [-0.05, 0) is 57.9 Å². The first kappa shape index (κ1) is 19.7. The molecule has 1 aromatic carbocycles. The summed E-state index contributed by atoms with van der Waals surface area (Å²) in [4.78, 5) is 23.9. The summed E-state index contributed by atoms with van der Waals surface area (Å²) in [6, 6.07) is 5.70. The van der Waals surface area contributed by atoms with Crippen LogP contribution in [0.4, 0.5) is 14.9 Å². The number of nitrogens with zero attached hydrogens (tertiary/aromatic N) is 1. The number of hydrogen-bond acceptors (Lipinski definition) is 4. The standard InChI is InChI=1S/C11H19NO4.C6H6FN/c1-11(2,3)16-10(15)12-6-4-8(5-7-12)9(13)14;7-5-1-3-6(8)4-2-5/h8H,4-7H2,1-3H3,(H,13,14);1-4H,8H2. The third kappa shape index (κ3) is 7.30. The van der Waals surface area contributed by atoms with E-state index < -0.39 is 11.6 Å². The summed E-state index contributed by atoms with van der Waals surface area (Å²) in [6.45, 7) is 6.37. The summed E-state index contributed by atoms with van der Waals surface area (Å²) in [7, 11) is 0. The number of hydrogen-bond donors (Lipinski definition) is 2. The number of carboxylic acid groups (broad SMARTS) is 1. The molecular formula is C17H25FN2O4. The minimum absolute atomic E-state index is 0.251. The molecule has 1 amide bonds. The van der Waals surface area contributed by atoms with Gasteiger partial charge in [-0.15, -0.1) is 0 Å². The van der Waals surface area contributed by atoms with Crippen LogP contribution in [-0.2, 0) is 9.53 Å². The van der Waals surface area contributed by atoms with Crippen molar-refractivity contribution in [3.8, 4) is 0 Å². The molecule has 1 aromatic rings. The lowest BCUT2D eigenvalue weighted by Crippen LogP contribution is -2.42. The maximum atomic E-state index is 12.0. The van der Waals surface area contributed by atoms with Crippen molar-refractivity contribution in [1.29, 1.82) is 0 Å². The van der Waals surface area contributed by atoms with Crippen molar-refractivity contribution in [3.05, 3.63) is 30.1 Å². The predicted octanol–water partition coefficient (Wildman–Crippen LogP) is 3.13. The second-order valence-corrected chi connectivity index (χ2v) is 6.63. The number of anilines is 1. The van der Waals surface area contributed by atoms with Gasteiger partial charge in [-0.2, -0.15) is 0 Å². The number of carbonyl (C=O) groups is 2. The van der Waals surface area contributed by atoms with Crippen LogP contribution in [0.3, 0.4) is 0 Å². The van der Waals surface area contributed by atoms with Gasteiger partial charge in [-0.3, -0.25) is 4.79 Å². The van der Waals surface area contributed by atoms with E-state index in [9.17, 15) is 14.0 Å². The maximum Gasteiger partial charge on any atom is 0.410 e. The van der Waals surface area contributed by atoms with Crippen LogP contribution in [-0.4, -0.2) is 40.8 Å². The Labute approximate surface area is 141 Å². The van der Waals surface area contributed by atoms with E-state index in [-0.39, 0.29) is 17.8 Å². The molecule has 0 aromatic heterocycles. The van der Waals surface area contributed by atoms with Gasteiger partial charge in [0.25, 0.3) is 0 Å². The first-order chi connectivity index (χ1) is 11.1. The summed E-state index contributed by atoms with van der Waals surface area (Å²) < 4.78 is 17.2. The zero-order valence-corrected chi connectivity index (χ0v) is 14.3. The Morgan fingerprint density at radius 1 is 1.21 bits per heavy atom. The monoisotopic (exact) mass is 340 g/mol. The lowest BCUT2D eigenvalue weighted by Gasteiger charge is -2.32. The Kier molecular flexibility index (Phi) is 7.00. The van der Waals surface area contributed by atoms with E-state index in [1.165, 1.54) is 24.3 Å². The predicted molar refractivity (Wildman–Crippen MR) is 89.0 cm³/mol. The van der Waals surface area contributed by atoms with Crippen molar-refractivity contribution in [1.82, 2.24) is 4.90 Å². The molecule has 7 heteroatoms. The highest BCUT2D eigenvalue weighted by Crippen LogP contribution is 2.19. The van der Waals surface area contributed by atoms with Gasteiger partial charge in [0.05, 0.1) is 5.92 Å². The highest BCUT2D eigenvalue weighted by molar-refractivity contribution is 5.71. The number of aliphatic carboxylic acids is 1. The van der Waals surface area contributed by atoms with E-state index in [2.05, 4.69) is 0 Å². The zero-order valence-electron chi connectivity index (χ0n) is 14.3. The largest absolute Gasteiger partial charge is 0.481 e. The molecule has 0 aliphatic carbocycles. The number of nitrogen functional groups attached to an aromatic ring is 1. The van der Waals surface area contributed by atoms with E-state index in [4.69, 9.17) is 15.6 Å². The molecule has 0 atom stereocenters. The average Bonchev–Trinajstić information content (AvgIpc) is 2.49. The Morgan fingerprint density at radius 3 is 2.08 bits per heavy atom. The molecule has 1 aliphatic heterocycles. The smallest absolute Gasteiger partial charge is 0.410 e. The molecule has 134 valence electrons. The fourth-order valence-corrected chi connectivity index (χ4v) is 2.10. The Bertz CT molecular complexity index is 526. The van der Waals surface area contributed by atoms with Crippen molar-refractivity contribution >= 4 is 17.7 Å². The number of amides is 1. The van der Waals surface area contributed by atoms with E-state index in [0.29, 0.717) is 31.6 Å². The van der Waals surface area contributed by atoms with Gasteiger partial charge in [0, 0.05) is 18.8 Å². The SMILES string of the molecule is CC(C)(C)OC(=O)N1CCC(C(=O)O)CC1.Nc1ccc(F)cc1. The number of carbonyl (C=O) groups excluding carboxylic acids is 1. The number of benzene rings is 1. The van der Waals surface area contributed by atoms with Gasteiger partial charge in [-0.25, -0.2) is 9.18 Å². The molecule has 24 heavy (non-hydrogen) atoms. The number of carboxylic acids is 1. The Morgan fingerprint density at radius 2 is 1.71 bits per heavy atom. The van der Waals surface area contributed by atoms with Crippen LogP contribution >= 0.6 is 0 Å². The molecule has 6 nitrogen and oxygen atoms in total. The minimum atomic E-state index is -0.774. The topological polar surface area (TPSA) is 92.9 Å². The highest BCUT2D eigenvalue weighted by Gasteiger charge is 2.29. The summed E-state index contributed by atoms with van der Waals surface area (Å²) in [5.74, 6) is -1.35. The number of halogens is 1. The second kappa shape index (κ2) is 8.52. The second-order valence-electron chi connectivity index (χ2n) is 6.63. The van der Waals surface area contributed by atoms with Crippen LogP contribution in [0.15, 0.2) is 24.3 Å². The van der Waals surface area contributed by atoms with Crippen molar-refractivity contribution in [2.24, 2.45) is 5.92 Å². The third-order valence-corrected chi connectivity index (χ3v) is 3.37. The van der Waals surface area contributed by atoms with Crippen LogP contribution < -0.4 is 5.73 Å². The van der Waals surface area contributed by atoms with Crippen molar-refractivity contribution in [2.45, 2.75) is 39.2 Å². The summed E-state index contributed by atoms with van der Waals surface area (Å²) >= 11 is 0. The number of likely N-dealkylation sites (tertiary alicyclic amines) is 1. The van der Waals surface area contributed by atoms with E-state index in [1.54, 1.807) is 4.90 Å². The lowest BCUT2D eigenvalue weighted by molar-refractivity contribution is -0.143. The average molecular weight is 340 g/mol. The molecule has 1 saturated heterocycles. The van der Waals surface area contributed by atoms with Crippen LogP contribution in [0.5, 0.6) is 0 Å². The molecule has 0 saturated carbocycles. The van der Waals surface area contributed by atoms with Gasteiger partial charge < -0.3 is 20.5 Å². The molecule has 3 N–H and O–H groups in total. The van der Waals surface area contributed by atoms with E-state index in [0.717, 1.165) is 0 Å². The number of piperidine rings is 1. The fourth-order valence-electron chi connectivity index (χ4n) is 2.10. The quantitative estimate of drug-likeness (QED) is 0.766. The van der Waals surface area contributed by atoms with Gasteiger partial charge in [-0.1, -0.05) is 0 Å². The van der Waals surface area contributed by atoms with Gasteiger partial charge in [0.2, 0.25) is 0 Å². The van der Waals surface area contributed by atoms with Gasteiger partial charge in [0.15, 0.2) is 0 Å². The highest BCUT2D eigenvalue weighted by atomic mass is 19.1. The van der Waals surface area contributed by atoms with Crippen LogP contribution in [0, 0.1) is 11.7 Å². The molecule has 0 spiro atoms. The number of rotatable bonds is 1. The third-order valence-electron chi connectivity index (χ3n) is 3.37. The molecule has 1 fully saturated rings. The molecule has 0 bridgehead atoms. The van der Waals surface area contributed by atoms with Crippen LogP contribution in [0.25, 0.3) is 0 Å². The first-order valence-electron chi connectivity index (χ1n) is 7.80. The Balaban J connectivity index is 0.000000300. The molecule has 0 unspecified atom stereocenters. The fraction of sp³-hybridized carbons (Fsp3) is 0.529. The molecule has 1 aliphatic rings. The van der Waals surface area contributed by atoms with Gasteiger partial charge in [0.1, 0.15) is 11.4 Å². The van der Waals surface area contributed by atoms with Crippen molar-refractivity contribution < 1.29 is 23.8 Å². The lowest BCUT2D eigenvalue weighted by atomic mass is 9.97. The zero-order chi connectivity index (χ0) is 18.3. The summed E-state index contributed by atoms with van der Waals surface area (Å²) in [6.07, 6.45) is 0.666. The molecule has 2 rings (SSSR count). The van der Waals surface area contributed by atoms with Crippen LogP contribution in [0.2, 0.25) is 0 Å². The maximum absolute atomic E-state index is 12.0. The summed E-state index contributed by atoms with van der Waals surface area (Å²) in [5, 5.41) is 8.81. The van der Waals surface area contributed by atoms with Gasteiger partial charge >= 0.3 is 12.1 Å². The first-order valence-corrected chi connectivity index (χ1v) is 7.80. The normalized spacial score (nSPS) is 15.2. The molecule has 1 heterocycles. The molecular weight excluding hydrogens is 315 g/mol. The molecule has 0 radical (unpaired) electrons.